The van der Waals surface area contributed by atoms with E-state index in [4.69, 9.17) is 5.11 Å². The molecule has 0 spiro atoms. The zero-order chi connectivity index (χ0) is 14.7. The van der Waals surface area contributed by atoms with Crippen molar-refractivity contribution in [3.8, 4) is 0 Å². The smallest absolute Gasteiger partial charge is 0.323 e. The minimum Gasteiger partial charge on any atom is -0.480 e. The van der Waals surface area contributed by atoms with Gasteiger partial charge in [0.1, 0.15) is 6.54 Å². The van der Waals surface area contributed by atoms with Crippen molar-refractivity contribution in [1.82, 2.24) is 4.57 Å². The van der Waals surface area contributed by atoms with Gasteiger partial charge in [0.2, 0.25) is 0 Å². The first-order valence-corrected chi connectivity index (χ1v) is 6.20. The van der Waals surface area contributed by atoms with Crippen LogP contribution in [0.15, 0.2) is 47.9 Å². The molecule has 1 N–H and O–H groups in total. The Morgan fingerprint density at radius 3 is 2.85 bits per heavy atom. The fourth-order valence-corrected chi connectivity index (χ4v) is 2.09. The molecule has 1 aromatic heterocycles. The van der Waals surface area contributed by atoms with Gasteiger partial charge in [-0.25, -0.2) is 0 Å². The third-order valence-electron chi connectivity index (χ3n) is 3.10. The highest BCUT2D eigenvalue weighted by Gasteiger charge is 2.08. The van der Waals surface area contributed by atoms with Gasteiger partial charge >= 0.3 is 5.97 Å². The van der Waals surface area contributed by atoms with E-state index < -0.39 is 5.97 Å². The number of aliphatic carboxylic acids is 1. The van der Waals surface area contributed by atoms with Crippen LogP contribution in [0.5, 0.6) is 0 Å². The van der Waals surface area contributed by atoms with Crippen molar-refractivity contribution in [2.75, 3.05) is 18.5 Å². The molecule has 0 amide bonds. The number of carbonyl (C=O) groups is 1. The van der Waals surface area contributed by atoms with E-state index >= 15 is 0 Å². The number of anilines is 1. The van der Waals surface area contributed by atoms with E-state index in [1.54, 1.807) is 40.9 Å². The Hall–Kier alpha value is -2.56. The number of likely N-dealkylation sites (N-methyl/N-ethyl adjacent to an activating group) is 1. The molecule has 5 heteroatoms. The predicted octanol–water partition coefficient (Wildman–Crippen LogP) is 1.71. The lowest BCUT2D eigenvalue weighted by atomic mass is 10.1. The minimum absolute atomic E-state index is 0.0742. The van der Waals surface area contributed by atoms with Crippen LogP contribution in [0.25, 0.3) is 10.8 Å². The van der Waals surface area contributed by atoms with Crippen LogP contribution < -0.4 is 10.5 Å². The average molecular weight is 272 g/mol. The van der Waals surface area contributed by atoms with E-state index in [9.17, 15) is 9.59 Å². The number of hydrogen-bond donors (Lipinski definition) is 1. The molecule has 0 atom stereocenters. The Kier molecular flexibility index (Phi) is 3.89. The number of fused-ring (bicyclic) bond motifs is 1. The molecular formula is C15H16N2O3. The molecule has 0 aliphatic carbocycles. The lowest BCUT2D eigenvalue weighted by Crippen LogP contribution is -2.25. The summed E-state index contributed by atoms with van der Waals surface area (Å²) in [6, 6.07) is 7.14. The van der Waals surface area contributed by atoms with E-state index in [0.717, 1.165) is 11.1 Å². The number of rotatable bonds is 5. The van der Waals surface area contributed by atoms with Crippen LogP contribution in [0.3, 0.4) is 0 Å². The standard InChI is InChI=1S/C15H16N2O3/c1-3-7-17-8-6-11-9-12(16(2)10-14(18)19)4-5-13(11)15(17)20/h3-6,8-9H,1,7,10H2,2H3,(H,18,19). The van der Waals surface area contributed by atoms with Gasteiger partial charge in [0.15, 0.2) is 0 Å². The van der Waals surface area contributed by atoms with Gasteiger partial charge in [-0.05, 0) is 29.7 Å². The molecule has 0 aliphatic heterocycles. The first-order valence-electron chi connectivity index (χ1n) is 6.20. The normalized spacial score (nSPS) is 10.4. The summed E-state index contributed by atoms with van der Waals surface area (Å²) in [6.45, 7) is 4.00. The number of benzene rings is 1. The van der Waals surface area contributed by atoms with E-state index in [-0.39, 0.29) is 12.1 Å². The molecule has 0 aliphatic rings. The molecule has 0 saturated carbocycles. The fraction of sp³-hybridized carbons (Fsp3) is 0.200. The van der Waals surface area contributed by atoms with Gasteiger partial charge in [-0.3, -0.25) is 9.59 Å². The third kappa shape index (κ3) is 2.71. The molecular weight excluding hydrogens is 256 g/mol. The SMILES string of the molecule is C=CCn1ccc2cc(N(C)CC(=O)O)ccc2c1=O. The molecule has 1 aromatic carbocycles. The lowest BCUT2D eigenvalue weighted by molar-refractivity contribution is -0.135. The first-order chi connectivity index (χ1) is 9.52. The number of allylic oxidation sites excluding steroid dienone is 1. The Morgan fingerprint density at radius 1 is 1.45 bits per heavy atom. The predicted molar refractivity (Wildman–Crippen MR) is 79.3 cm³/mol. The number of nitrogens with zero attached hydrogens (tertiary/aromatic N) is 2. The molecule has 0 fully saturated rings. The highest BCUT2D eigenvalue weighted by molar-refractivity contribution is 5.85. The summed E-state index contributed by atoms with van der Waals surface area (Å²) in [7, 11) is 1.70. The van der Waals surface area contributed by atoms with Crippen molar-refractivity contribution in [3.05, 3.63) is 53.5 Å². The maximum atomic E-state index is 12.2. The second kappa shape index (κ2) is 5.61. The van der Waals surface area contributed by atoms with Gasteiger partial charge in [0.05, 0.1) is 0 Å². The fourth-order valence-electron chi connectivity index (χ4n) is 2.09. The van der Waals surface area contributed by atoms with Crippen LogP contribution in [-0.4, -0.2) is 29.2 Å². The summed E-state index contributed by atoms with van der Waals surface area (Å²) >= 11 is 0. The van der Waals surface area contributed by atoms with Crippen LogP contribution in [0.2, 0.25) is 0 Å². The summed E-state index contributed by atoms with van der Waals surface area (Å²) in [5, 5.41) is 10.2. The number of pyridine rings is 1. The second-order valence-corrected chi connectivity index (χ2v) is 4.58. The lowest BCUT2D eigenvalue weighted by Gasteiger charge is -2.17. The monoisotopic (exact) mass is 272 g/mol. The second-order valence-electron chi connectivity index (χ2n) is 4.58. The zero-order valence-electron chi connectivity index (χ0n) is 11.2. The highest BCUT2D eigenvalue weighted by atomic mass is 16.4. The molecule has 5 nitrogen and oxygen atoms in total. The maximum Gasteiger partial charge on any atom is 0.323 e. The topological polar surface area (TPSA) is 62.5 Å². The Morgan fingerprint density at radius 2 is 2.20 bits per heavy atom. The van der Waals surface area contributed by atoms with E-state index in [0.29, 0.717) is 11.9 Å². The molecule has 0 unspecified atom stereocenters. The van der Waals surface area contributed by atoms with E-state index in [2.05, 4.69) is 6.58 Å². The Balaban J connectivity index is 2.46. The summed E-state index contributed by atoms with van der Waals surface area (Å²) in [5.74, 6) is -0.894. The zero-order valence-corrected chi connectivity index (χ0v) is 11.2. The average Bonchev–Trinajstić information content (AvgIpc) is 2.41. The van der Waals surface area contributed by atoms with Crippen molar-refractivity contribution in [3.63, 3.8) is 0 Å². The molecule has 0 radical (unpaired) electrons. The maximum absolute atomic E-state index is 12.2. The molecule has 2 aromatic rings. The van der Waals surface area contributed by atoms with Crippen LogP contribution >= 0.6 is 0 Å². The first kappa shape index (κ1) is 13.9. The van der Waals surface area contributed by atoms with E-state index in [1.807, 2.05) is 12.1 Å². The minimum atomic E-state index is -0.894. The Bertz CT molecular complexity index is 719. The van der Waals surface area contributed by atoms with Gasteiger partial charge in [0, 0.05) is 30.9 Å². The van der Waals surface area contributed by atoms with Crippen LogP contribution in [0, 0.1) is 0 Å². The van der Waals surface area contributed by atoms with Crippen molar-refractivity contribution in [2.45, 2.75) is 6.54 Å². The summed E-state index contributed by atoms with van der Waals surface area (Å²) < 4.78 is 1.58. The van der Waals surface area contributed by atoms with Gasteiger partial charge in [-0.2, -0.15) is 0 Å². The number of carboxylic acids is 1. The Labute approximate surface area is 116 Å². The van der Waals surface area contributed by atoms with Gasteiger partial charge in [0.25, 0.3) is 5.56 Å². The number of aromatic nitrogens is 1. The van der Waals surface area contributed by atoms with Crippen LogP contribution in [0.4, 0.5) is 5.69 Å². The van der Waals surface area contributed by atoms with Crippen molar-refractivity contribution in [1.29, 1.82) is 0 Å². The molecule has 0 bridgehead atoms. The summed E-state index contributed by atoms with van der Waals surface area (Å²) in [5.41, 5.74) is 0.690. The summed E-state index contributed by atoms with van der Waals surface area (Å²) in [4.78, 5) is 24.5. The van der Waals surface area contributed by atoms with Gasteiger partial charge in [-0.15, -0.1) is 6.58 Å². The molecule has 1 heterocycles. The van der Waals surface area contributed by atoms with Crippen molar-refractivity contribution >= 4 is 22.4 Å². The van der Waals surface area contributed by atoms with Crippen molar-refractivity contribution in [2.24, 2.45) is 0 Å². The number of carboxylic acid groups (broad SMARTS) is 1. The summed E-state index contributed by atoms with van der Waals surface area (Å²) in [6.07, 6.45) is 3.38. The largest absolute Gasteiger partial charge is 0.480 e. The third-order valence-corrected chi connectivity index (χ3v) is 3.10. The molecule has 0 saturated heterocycles. The van der Waals surface area contributed by atoms with Crippen LogP contribution in [0.1, 0.15) is 0 Å². The molecule has 2 rings (SSSR count). The van der Waals surface area contributed by atoms with Crippen LogP contribution in [-0.2, 0) is 11.3 Å². The van der Waals surface area contributed by atoms with Crippen molar-refractivity contribution < 1.29 is 9.90 Å². The highest BCUT2D eigenvalue weighted by Crippen LogP contribution is 2.19. The van der Waals surface area contributed by atoms with Gasteiger partial charge < -0.3 is 14.6 Å². The van der Waals surface area contributed by atoms with Gasteiger partial charge in [-0.1, -0.05) is 6.08 Å². The number of hydrogen-bond acceptors (Lipinski definition) is 3. The molecule has 20 heavy (non-hydrogen) atoms. The van der Waals surface area contributed by atoms with E-state index in [1.165, 1.54) is 0 Å². The quantitative estimate of drug-likeness (QED) is 0.842. The molecule has 104 valence electrons.